The van der Waals surface area contributed by atoms with Crippen LogP contribution in [0.1, 0.15) is 30.5 Å². The van der Waals surface area contributed by atoms with Crippen molar-refractivity contribution in [3.8, 4) is 0 Å². The highest BCUT2D eigenvalue weighted by Gasteiger charge is 2.28. The summed E-state index contributed by atoms with van der Waals surface area (Å²) >= 11 is 1.55. The van der Waals surface area contributed by atoms with Gasteiger partial charge >= 0.3 is 0 Å². The molecule has 3 heterocycles. The number of nitrogens with zero attached hydrogens (tertiary/aromatic N) is 3. The molecule has 2 aliphatic heterocycles. The predicted molar refractivity (Wildman–Crippen MR) is 128 cm³/mol. The van der Waals surface area contributed by atoms with Gasteiger partial charge in [0.15, 0.2) is 0 Å². The lowest BCUT2D eigenvalue weighted by atomic mass is 10.2. The Labute approximate surface area is 198 Å². The number of rotatable bonds is 7. The Hall–Kier alpha value is -2.05. The minimum atomic E-state index is -3.68. The predicted octanol–water partition coefficient (Wildman–Crippen LogP) is 2.31. The number of morpholine rings is 2. The minimum Gasteiger partial charge on any atom is -0.379 e. The van der Waals surface area contributed by atoms with Crippen LogP contribution in [0, 0.1) is 0 Å². The maximum atomic E-state index is 13.2. The third kappa shape index (κ3) is 5.72. The smallest absolute Gasteiger partial charge is 0.243 e. The fraction of sp³-hybridized carbons (Fsp3) is 0.545. The number of sulfonamides is 1. The molecule has 0 aliphatic carbocycles. The second kappa shape index (κ2) is 10.5. The molecule has 2 aromatic rings. The molecular weight excluding hydrogens is 464 g/mol. The van der Waals surface area contributed by atoms with Crippen molar-refractivity contribution in [1.82, 2.24) is 9.29 Å². The summed E-state index contributed by atoms with van der Waals surface area (Å²) in [6.45, 7) is 8.02. The molecule has 1 aromatic heterocycles. The number of amides is 1. The Morgan fingerprint density at radius 1 is 1.12 bits per heavy atom. The van der Waals surface area contributed by atoms with Crippen LogP contribution in [0.5, 0.6) is 0 Å². The zero-order chi connectivity index (χ0) is 23.4. The first kappa shape index (κ1) is 24.1. The normalized spacial score (nSPS) is 18.0. The molecule has 11 heteroatoms. The van der Waals surface area contributed by atoms with Gasteiger partial charge in [-0.3, -0.25) is 4.79 Å². The molecule has 4 rings (SSSR count). The van der Waals surface area contributed by atoms with E-state index >= 15 is 0 Å². The average Bonchev–Trinajstić information content (AvgIpc) is 3.29. The summed E-state index contributed by atoms with van der Waals surface area (Å²) in [4.78, 5) is 19.7. The number of nitrogens with one attached hydrogen (secondary N) is 1. The molecule has 0 radical (unpaired) electrons. The van der Waals surface area contributed by atoms with Crippen LogP contribution in [0.25, 0.3) is 0 Å². The van der Waals surface area contributed by atoms with Crippen molar-refractivity contribution in [3.05, 3.63) is 34.3 Å². The topological polar surface area (TPSA) is 101 Å². The zero-order valence-corrected chi connectivity index (χ0v) is 20.6. The van der Waals surface area contributed by atoms with Gasteiger partial charge in [0.2, 0.25) is 15.9 Å². The van der Waals surface area contributed by atoms with Gasteiger partial charge in [0.05, 0.1) is 59.8 Å². The summed E-state index contributed by atoms with van der Waals surface area (Å²) in [5, 5.41) is 5.84. The SMILES string of the molecule is CC(C)c1nc(CC(=O)Nc2cc(S(=O)(=O)N3CCOCC3)ccc2N2CCOCC2)cs1. The zero-order valence-electron chi connectivity index (χ0n) is 19.0. The molecule has 0 unspecified atom stereocenters. The lowest BCUT2D eigenvalue weighted by molar-refractivity contribution is -0.115. The number of hydrogen-bond donors (Lipinski definition) is 1. The molecule has 180 valence electrons. The molecule has 0 saturated carbocycles. The van der Waals surface area contributed by atoms with E-state index in [0.29, 0.717) is 69.9 Å². The van der Waals surface area contributed by atoms with E-state index in [1.807, 2.05) is 5.38 Å². The monoisotopic (exact) mass is 494 g/mol. The molecule has 1 amide bonds. The van der Waals surface area contributed by atoms with E-state index in [9.17, 15) is 13.2 Å². The molecule has 2 saturated heterocycles. The Bertz CT molecular complexity index is 1070. The Morgan fingerprint density at radius 3 is 2.42 bits per heavy atom. The van der Waals surface area contributed by atoms with Crippen LogP contribution in [-0.2, 0) is 30.7 Å². The van der Waals surface area contributed by atoms with Crippen LogP contribution in [0.3, 0.4) is 0 Å². The number of aromatic nitrogens is 1. The molecule has 9 nitrogen and oxygen atoms in total. The van der Waals surface area contributed by atoms with Gasteiger partial charge in [-0.05, 0) is 18.2 Å². The Balaban J connectivity index is 1.59. The van der Waals surface area contributed by atoms with E-state index in [1.165, 1.54) is 4.31 Å². The molecule has 33 heavy (non-hydrogen) atoms. The van der Waals surface area contributed by atoms with E-state index in [2.05, 4.69) is 29.0 Å². The fourth-order valence-corrected chi connectivity index (χ4v) is 6.09. The average molecular weight is 495 g/mol. The first-order chi connectivity index (χ1) is 15.8. The van der Waals surface area contributed by atoms with Crippen molar-refractivity contribution in [1.29, 1.82) is 0 Å². The van der Waals surface area contributed by atoms with Crippen LogP contribution in [0.2, 0.25) is 0 Å². The number of hydrogen-bond acceptors (Lipinski definition) is 8. The van der Waals surface area contributed by atoms with Crippen molar-refractivity contribution in [2.75, 3.05) is 62.8 Å². The fourth-order valence-electron chi connectivity index (χ4n) is 3.82. The summed E-state index contributed by atoms with van der Waals surface area (Å²) in [7, 11) is -3.68. The van der Waals surface area contributed by atoms with Crippen molar-refractivity contribution in [2.24, 2.45) is 0 Å². The van der Waals surface area contributed by atoms with Gasteiger partial charge in [0.25, 0.3) is 0 Å². The lowest BCUT2D eigenvalue weighted by Gasteiger charge is -2.31. The quantitative estimate of drug-likeness (QED) is 0.630. The van der Waals surface area contributed by atoms with Gasteiger partial charge in [0.1, 0.15) is 0 Å². The third-order valence-corrected chi connectivity index (χ3v) is 8.70. The molecule has 0 bridgehead atoms. The van der Waals surface area contributed by atoms with Crippen LogP contribution in [0.15, 0.2) is 28.5 Å². The second-order valence-corrected chi connectivity index (χ2v) is 11.2. The molecule has 2 fully saturated rings. The Kier molecular flexibility index (Phi) is 7.65. The van der Waals surface area contributed by atoms with E-state index in [4.69, 9.17) is 9.47 Å². The lowest BCUT2D eigenvalue weighted by Crippen LogP contribution is -2.40. The maximum absolute atomic E-state index is 13.2. The molecule has 2 aliphatic rings. The summed E-state index contributed by atoms with van der Waals surface area (Å²) in [6.07, 6.45) is 0.131. The molecular formula is C22H30N4O5S2. The van der Waals surface area contributed by atoms with Crippen molar-refractivity contribution in [3.63, 3.8) is 0 Å². The summed E-state index contributed by atoms with van der Waals surface area (Å²) < 4.78 is 38.5. The van der Waals surface area contributed by atoms with Gasteiger partial charge in [-0.1, -0.05) is 13.8 Å². The Morgan fingerprint density at radius 2 is 1.79 bits per heavy atom. The van der Waals surface area contributed by atoms with Gasteiger partial charge in [-0.25, -0.2) is 13.4 Å². The molecule has 1 N–H and O–H groups in total. The van der Waals surface area contributed by atoms with Gasteiger partial charge in [0, 0.05) is 37.5 Å². The van der Waals surface area contributed by atoms with Crippen molar-refractivity contribution in [2.45, 2.75) is 31.1 Å². The minimum absolute atomic E-state index is 0.131. The molecule has 1 aromatic carbocycles. The highest BCUT2D eigenvalue weighted by molar-refractivity contribution is 7.89. The maximum Gasteiger partial charge on any atom is 0.243 e. The second-order valence-electron chi connectivity index (χ2n) is 8.35. The number of ether oxygens (including phenoxy) is 2. The van der Waals surface area contributed by atoms with Crippen LogP contribution < -0.4 is 10.2 Å². The van der Waals surface area contributed by atoms with Gasteiger partial charge in [-0.2, -0.15) is 4.31 Å². The summed E-state index contributed by atoms with van der Waals surface area (Å²) in [5.74, 6) is 0.0767. The number of carbonyl (C=O) groups is 1. The highest BCUT2D eigenvalue weighted by atomic mass is 32.2. The first-order valence-electron chi connectivity index (χ1n) is 11.1. The van der Waals surface area contributed by atoms with Gasteiger partial charge in [-0.15, -0.1) is 11.3 Å². The number of carbonyl (C=O) groups excluding carboxylic acids is 1. The largest absolute Gasteiger partial charge is 0.379 e. The van der Waals surface area contributed by atoms with E-state index in [1.54, 1.807) is 29.5 Å². The first-order valence-corrected chi connectivity index (χ1v) is 13.5. The van der Waals surface area contributed by atoms with Crippen LogP contribution in [0.4, 0.5) is 11.4 Å². The standard InChI is InChI=1S/C22H30N4O5S2/c1-16(2)22-23-17(15-32-22)13-21(27)24-19-14-18(33(28,29)26-7-11-31-12-8-26)3-4-20(19)25-5-9-30-10-6-25/h3-4,14-16H,5-13H2,1-2H3,(H,24,27). The van der Waals surface area contributed by atoms with E-state index < -0.39 is 10.0 Å². The van der Waals surface area contributed by atoms with Crippen LogP contribution in [-0.4, -0.2) is 76.2 Å². The molecule has 0 atom stereocenters. The summed E-state index contributed by atoms with van der Waals surface area (Å²) in [6, 6.07) is 4.95. The van der Waals surface area contributed by atoms with Crippen molar-refractivity contribution < 1.29 is 22.7 Å². The van der Waals surface area contributed by atoms with E-state index in [0.717, 1.165) is 10.7 Å². The number of anilines is 2. The van der Waals surface area contributed by atoms with Crippen LogP contribution >= 0.6 is 11.3 Å². The molecule has 0 spiro atoms. The number of thiazole rings is 1. The van der Waals surface area contributed by atoms with E-state index in [-0.39, 0.29) is 17.2 Å². The van der Waals surface area contributed by atoms with Crippen molar-refractivity contribution >= 4 is 38.6 Å². The highest BCUT2D eigenvalue weighted by Crippen LogP contribution is 2.31. The van der Waals surface area contributed by atoms with Gasteiger partial charge < -0.3 is 19.7 Å². The summed E-state index contributed by atoms with van der Waals surface area (Å²) in [5.41, 5.74) is 1.98. The third-order valence-electron chi connectivity index (χ3n) is 5.61. The number of benzene rings is 1.